The Balaban J connectivity index is 1.59. The lowest BCUT2D eigenvalue weighted by molar-refractivity contribution is -0.384. The second-order valence-corrected chi connectivity index (χ2v) is 9.94. The SMILES string of the molecule is Cc1ccc([N+](=O)[O-])cc1NC(=O)[C@H]1CCCN(S(=O)(=O)CCCc2ccccc2)C1. The van der Waals surface area contributed by atoms with Crippen molar-refractivity contribution in [1.29, 1.82) is 0 Å². The molecule has 2 aromatic carbocycles. The van der Waals surface area contributed by atoms with Crippen molar-refractivity contribution in [1.82, 2.24) is 4.31 Å². The average molecular weight is 446 g/mol. The summed E-state index contributed by atoms with van der Waals surface area (Å²) in [4.78, 5) is 23.3. The highest BCUT2D eigenvalue weighted by molar-refractivity contribution is 7.89. The highest BCUT2D eigenvalue weighted by Gasteiger charge is 2.32. The van der Waals surface area contributed by atoms with Crippen LogP contribution in [0.5, 0.6) is 0 Å². The Bertz CT molecular complexity index is 1040. The quantitative estimate of drug-likeness (QED) is 0.494. The summed E-state index contributed by atoms with van der Waals surface area (Å²) in [7, 11) is -3.45. The fourth-order valence-corrected chi connectivity index (χ4v) is 5.32. The number of carbonyl (C=O) groups is 1. The van der Waals surface area contributed by atoms with Gasteiger partial charge in [0.1, 0.15) is 0 Å². The molecule has 1 aliphatic heterocycles. The van der Waals surface area contributed by atoms with Crippen molar-refractivity contribution >= 4 is 27.3 Å². The minimum absolute atomic E-state index is 0.0419. The second-order valence-electron chi connectivity index (χ2n) is 7.85. The van der Waals surface area contributed by atoms with Crippen molar-refractivity contribution in [2.45, 2.75) is 32.6 Å². The first-order valence-electron chi connectivity index (χ1n) is 10.3. The topological polar surface area (TPSA) is 110 Å². The van der Waals surface area contributed by atoms with E-state index >= 15 is 0 Å². The Morgan fingerprint density at radius 1 is 1.23 bits per heavy atom. The lowest BCUT2D eigenvalue weighted by Gasteiger charge is -2.31. The number of anilines is 1. The van der Waals surface area contributed by atoms with Crippen molar-refractivity contribution < 1.29 is 18.1 Å². The van der Waals surface area contributed by atoms with Crippen molar-refractivity contribution in [2.75, 3.05) is 24.2 Å². The van der Waals surface area contributed by atoms with Crippen LogP contribution < -0.4 is 5.32 Å². The number of aryl methyl sites for hydroxylation is 2. The van der Waals surface area contributed by atoms with E-state index in [0.29, 0.717) is 43.5 Å². The van der Waals surface area contributed by atoms with Crippen molar-refractivity contribution in [2.24, 2.45) is 5.92 Å². The van der Waals surface area contributed by atoms with Gasteiger partial charge in [0.25, 0.3) is 5.69 Å². The molecular formula is C22H27N3O5S. The number of nitro groups is 1. The summed E-state index contributed by atoms with van der Waals surface area (Å²) in [5.74, 6) is -0.760. The molecule has 31 heavy (non-hydrogen) atoms. The predicted molar refractivity (Wildman–Crippen MR) is 119 cm³/mol. The van der Waals surface area contributed by atoms with Crippen LogP contribution in [0.4, 0.5) is 11.4 Å². The lowest BCUT2D eigenvalue weighted by atomic mass is 9.98. The third kappa shape index (κ3) is 6.11. The zero-order valence-electron chi connectivity index (χ0n) is 17.5. The van der Waals surface area contributed by atoms with Gasteiger partial charge in [-0.25, -0.2) is 12.7 Å². The maximum absolute atomic E-state index is 12.8. The van der Waals surface area contributed by atoms with Gasteiger partial charge in [-0.1, -0.05) is 36.4 Å². The van der Waals surface area contributed by atoms with Crippen LogP contribution in [0.1, 0.15) is 30.4 Å². The fraction of sp³-hybridized carbons (Fsp3) is 0.409. The first kappa shape index (κ1) is 22.9. The Hall–Kier alpha value is -2.78. The van der Waals surface area contributed by atoms with Crippen molar-refractivity contribution in [3.63, 3.8) is 0 Å². The minimum Gasteiger partial charge on any atom is -0.325 e. The number of benzene rings is 2. The number of non-ortho nitro benzene ring substituents is 1. The molecule has 166 valence electrons. The number of nitrogens with zero attached hydrogens (tertiary/aromatic N) is 2. The molecule has 8 nitrogen and oxygen atoms in total. The average Bonchev–Trinajstić information content (AvgIpc) is 2.76. The summed E-state index contributed by atoms with van der Waals surface area (Å²) in [5.41, 5.74) is 2.08. The van der Waals surface area contributed by atoms with E-state index in [1.54, 1.807) is 13.0 Å². The molecule has 1 aliphatic rings. The van der Waals surface area contributed by atoms with Crippen LogP contribution in [-0.2, 0) is 21.2 Å². The van der Waals surface area contributed by atoms with Gasteiger partial charge in [0, 0.05) is 25.2 Å². The molecule has 1 saturated heterocycles. The van der Waals surface area contributed by atoms with Gasteiger partial charge in [-0.15, -0.1) is 0 Å². The van der Waals surface area contributed by atoms with Gasteiger partial charge in [0.05, 0.1) is 22.3 Å². The Kier molecular flexibility index (Phi) is 7.40. The Morgan fingerprint density at radius 3 is 2.68 bits per heavy atom. The third-order valence-electron chi connectivity index (χ3n) is 5.55. The Labute approximate surface area is 182 Å². The molecule has 0 aliphatic carbocycles. The van der Waals surface area contributed by atoms with Crippen LogP contribution in [0.25, 0.3) is 0 Å². The number of hydrogen-bond donors (Lipinski definition) is 1. The van der Waals surface area contributed by atoms with E-state index in [1.165, 1.54) is 16.4 Å². The molecule has 0 aromatic heterocycles. The summed E-state index contributed by atoms with van der Waals surface area (Å²) < 4.78 is 27.0. The summed E-state index contributed by atoms with van der Waals surface area (Å²) in [6.45, 7) is 2.30. The molecule has 0 saturated carbocycles. The Morgan fingerprint density at radius 2 is 1.97 bits per heavy atom. The number of rotatable bonds is 8. The van der Waals surface area contributed by atoms with Gasteiger partial charge in [-0.3, -0.25) is 14.9 Å². The maximum atomic E-state index is 12.8. The second kappa shape index (κ2) is 10.0. The van der Waals surface area contributed by atoms with Crippen molar-refractivity contribution in [3.8, 4) is 0 Å². The summed E-state index contributed by atoms with van der Waals surface area (Å²) in [6.07, 6.45) is 2.39. The normalized spacial score (nSPS) is 17.3. The van der Waals surface area contributed by atoms with Crippen LogP contribution in [0, 0.1) is 23.0 Å². The van der Waals surface area contributed by atoms with E-state index in [2.05, 4.69) is 5.32 Å². The van der Waals surface area contributed by atoms with E-state index in [0.717, 1.165) is 5.56 Å². The minimum atomic E-state index is -3.45. The van der Waals surface area contributed by atoms with Crippen LogP contribution in [-0.4, -0.2) is 42.4 Å². The number of sulfonamides is 1. The molecule has 2 aromatic rings. The summed E-state index contributed by atoms with van der Waals surface area (Å²) >= 11 is 0. The number of carbonyl (C=O) groups excluding carboxylic acids is 1. The van der Waals surface area contributed by atoms with E-state index in [9.17, 15) is 23.3 Å². The molecule has 0 unspecified atom stereocenters. The molecule has 1 atom stereocenters. The largest absolute Gasteiger partial charge is 0.325 e. The van der Waals surface area contributed by atoms with Crippen LogP contribution in [0.3, 0.4) is 0 Å². The molecule has 0 spiro atoms. The van der Waals surface area contributed by atoms with Crippen LogP contribution in [0.2, 0.25) is 0 Å². The molecule has 0 bridgehead atoms. The van der Waals surface area contributed by atoms with Gasteiger partial charge < -0.3 is 5.32 Å². The standard InChI is InChI=1S/C22H27N3O5S/c1-17-11-12-20(25(27)28)15-21(17)23-22(26)19-10-5-13-24(16-19)31(29,30)14-6-9-18-7-3-2-4-8-18/h2-4,7-8,11-12,15,19H,5-6,9-10,13-14,16H2,1H3,(H,23,26)/t19-/m0/s1. The van der Waals surface area contributed by atoms with Gasteiger partial charge in [0.15, 0.2) is 0 Å². The summed E-state index contributed by atoms with van der Waals surface area (Å²) in [6, 6.07) is 14.0. The van der Waals surface area contributed by atoms with Crippen LogP contribution in [0.15, 0.2) is 48.5 Å². The van der Waals surface area contributed by atoms with Gasteiger partial charge in [0.2, 0.25) is 15.9 Å². The monoisotopic (exact) mass is 445 g/mol. The number of nitrogens with one attached hydrogen (secondary N) is 1. The zero-order chi connectivity index (χ0) is 22.4. The maximum Gasteiger partial charge on any atom is 0.271 e. The van der Waals surface area contributed by atoms with Gasteiger partial charge in [-0.05, 0) is 43.7 Å². The van der Waals surface area contributed by atoms with E-state index in [-0.39, 0.29) is 23.9 Å². The smallest absolute Gasteiger partial charge is 0.271 e. The van der Waals surface area contributed by atoms with E-state index in [1.807, 2.05) is 30.3 Å². The summed E-state index contributed by atoms with van der Waals surface area (Å²) in [5, 5.41) is 13.7. The molecule has 9 heteroatoms. The number of amides is 1. The zero-order valence-corrected chi connectivity index (χ0v) is 18.3. The van der Waals surface area contributed by atoms with E-state index in [4.69, 9.17) is 0 Å². The molecule has 3 rings (SSSR count). The number of piperidine rings is 1. The first-order chi connectivity index (χ1) is 14.8. The molecule has 1 heterocycles. The van der Waals surface area contributed by atoms with Crippen molar-refractivity contribution in [3.05, 3.63) is 69.8 Å². The lowest BCUT2D eigenvalue weighted by Crippen LogP contribution is -2.44. The molecule has 1 N–H and O–H groups in total. The van der Waals surface area contributed by atoms with Crippen LogP contribution >= 0.6 is 0 Å². The molecule has 1 fully saturated rings. The third-order valence-corrected chi connectivity index (χ3v) is 7.47. The fourth-order valence-electron chi connectivity index (χ4n) is 3.73. The van der Waals surface area contributed by atoms with Gasteiger partial charge in [-0.2, -0.15) is 0 Å². The molecule has 0 radical (unpaired) electrons. The molecular weight excluding hydrogens is 418 g/mol. The molecule has 1 amide bonds. The predicted octanol–water partition coefficient (Wildman–Crippen LogP) is 3.52. The van der Waals surface area contributed by atoms with E-state index < -0.39 is 20.9 Å². The number of nitro benzene ring substituents is 1. The first-order valence-corrected chi connectivity index (χ1v) is 11.9. The highest BCUT2D eigenvalue weighted by atomic mass is 32.2. The van der Waals surface area contributed by atoms with Gasteiger partial charge >= 0.3 is 0 Å². The highest BCUT2D eigenvalue weighted by Crippen LogP contribution is 2.25. The number of hydrogen-bond acceptors (Lipinski definition) is 5.